The van der Waals surface area contributed by atoms with Crippen molar-refractivity contribution < 1.29 is 9.59 Å². The van der Waals surface area contributed by atoms with E-state index < -0.39 is 0 Å². The number of nitrogens with zero attached hydrogens (tertiary/aromatic N) is 4. The van der Waals surface area contributed by atoms with Crippen LogP contribution in [0.4, 0.5) is 23.1 Å². The van der Waals surface area contributed by atoms with Gasteiger partial charge in [-0.25, -0.2) is 4.98 Å². The number of benzene rings is 2. The van der Waals surface area contributed by atoms with E-state index in [9.17, 15) is 9.59 Å². The van der Waals surface area contributed by atoms with Crippen molar-refractivity contribution >= 4 is 74.9 Å². The van der Waals surface area contributed by atoms with Crippen molar-refractivity contribution in [3.05, 3.63) is 83.5 Å². The number of amides is 2. The molecule has 4 rings (SSSR count). The van der Waals surface area contributed by atoms with Crippen LogP contribution in [0.1, 0.15) is 20.7 Å². The van der Waals surface area contributed by atoms with Gasteiger partial charge in [-0.05, 0) is 36.4 Å². The number of anilines is 4. The minimum absolute atomic E-state index is 0.0186. The summed E-state index contributed by atoms with van der Waals surface area (Å²) in [5.74, 6) is 1.18. The first-order valence-electron chi connectivity index (χ1n) is 12.2. The molecule has 0 spiro atoms. The Bertz CT molecular complexity index is 1360. The highest BCUT2D eigenvalue weighted by Crippen LogP contribution is 2.27. The maximum Gasteiger partial charge on any atom is 0.253 e. The Morgan fingerprint density at radius 1 is 1.08 bits per heavy atom. The summed E-state index contributed by atoms with van der Waals surface area (Å²) in [6.45, 7) is 6.39. The highest BCUT2D eigenvalue weighted by Gasteiger charge is 2.23. The summed E-state index contributed by atoms with van der Waals surface area (Å²) in [6, 6.07) is 14.2. The number of carbonyl (C=O) groups is 2. The normalized spacial score (nSPS) is 13.0. The number of piperazine rings is 1. The van der Waals surface area contributed by atoms with Gasteiger partial charge in [0.05, 0.1) is 17.4 Å². The van der Waals surface area contributed by atoms with Gasteiger partial charge in [-0.15, -0.1) is 6.58 Å². The van der Waals surface area contributed by atoms with Crippen LogP contribution in [0.3, 0.4) is 0 Å². The fraction of sp³-hybridized carbons (Fsp3) is 0.222. The molecule has 1 fully saturated rings. The number of aromatic nitrogens is 2. The molecular formula is C27H28ClN7O2S2. The van der Waals surface area contributed by atoms with E-state index in [4.69, 9.17) is 23.8 Å². The van der Waals surface area contributed by atoms with Crippen molar-refractivity contribution in [3.8, 4) is 0 Å². The Balaban J connectivity index is 1.38. The van der Waals surface area contributed by atoms with Gasteiger partial charge in [-0.2, -0.15) is 4.98 Å². The second kappa shape index (κ2) is 13.4. The third kappa shape index (κ3) is 7.25. The van der Waals surface area contributed by atoms with Crippen molar-refractivity contribution in [3.63, 3.8) is 0 Å². The van der Waals surface area contributed by atoms with Crippen LogP contribution in [-0.4, -0.2) is 74.9 Å². The summed E-state index contributed by atoms with van der Waals surface area (Å²) in [4.78, 5) is 37.9. The number of thiocarbonyl (C=S) groups is 1. The topological polar surface area (TPSA) is 102 Å². The van der Waals surface area contributed by atoms with Crippen LogP contribution in [0.2, 0.25) is 5.02 Å². The largest absolute Gasteiger partial charge is 0.355 e. The molecular weight excluding hydrogens is 554 g/mol. The van der Waals surface area contributed by atoms with Crippen LogP contribution in [0, 0.1) is 0 Å². The van der Waals surface area contributed by atoms with Gasteiger partial charge in [-0.3, -0.25) is 9.59 Å². The van der Waals surface area contributed by atoms with Gasteiger partial charge in [0.2, 0.25) is 5.95 Å². The number of nitrogens with one attached hydrogen (secondary N) is 3. The summed E-state index contributed by atoms with van der Waals surface area (Å²) in [5, 5.41) is 9.16. The quantitative estimate of drug-likeness (QED) is 0.252. The molecule has 202 valence electrons. The fourth-order valence-corrected chi connectivity index (χ4v) is 5.04. The van der Waals surface area contributed by atoms with Gasteiger partial charge >= 0.3 is 0 Å². The number of hydrogen-bond donors (Lipinski definition) is 3. The van der Waals surface area contributed by atoms with Crippen molar-refractivity contribution in [2.24, 2.45) is 0 Å². The lowest BCUT2D eigenvalue weighted by atomic mass is 10.1. The third-order valence-corrected chi connectivity index (χ3v) is 7.73. The second-order valence-electron chi connectivity index (χ2n) is 8.49. The van der Waals surface area contributed by atoms with Crippen LogP contribution in [-0.2, 0) is 0 Å². The lowest BCUT2D eigenvalue weighted by Gasteiger charge is -2.35. The molecule has 0 saturated carbocycles. The van der Waals surface area contributed by atoms with E-state index in [1.807, 2.05) is 17.0 Å². The number of halogens is 1. The van der Waals surface area contributed by atoms with E-state index in [0.717, 1.165) is 10.1 Å². The molecule has 9 nitrogen and oxygen atoms in total. The lowest BCUT2D eigenvalue weighted by Crippen LogP contribution is -2.49. The van der Waals surface area contributed by atoms with Crippen LogP contribution < -0.4 is 16.0 Å². The minimum Gasteiger partial charge on any atom is -0.355 e. The predicted octanol–water partition coefficient (Wildman–Crippen LogP) is 4.94. The van der Waals surface area contributed by atoms with Gasteiger partial charge in [0.15, 0.2) is 5.82 Å². The van der Waals surface area contributed by atoms with E-state index in [2.05, 4.69) is 37.4 Å². The second-order valence-corrected chi connectivity index (χ2v) is 10.5. The van der Waals surface area contributed by atoms with Crippen molar-refractivity contribution in [2.75, 3.05) is 49.6 Å². The number of para-hydroxylation sites is 1. The number of thioether (sulfide) groups is 1. The van der Waals surface area contributed by atoms with Crippen molar-refractivity contribution in [2.45, 2.75) is 0 Å². The summed E-state index contributed by atoms with van der Waals surface area (Å²) >= 11 is 13.4. The minimum atomic E-state index is -0.232. The van der Waals surface area contributed by atoms with Crippen LogP contribution in [0.15, 0.2) is 67.4 Å². The van der Waals surface area contributed by atoms with E-state index >= 15 is 0 Å². The Morgan fingerprint density at radius 2 is 1.77 bits per heavy atom. The summed E-state index contributed by atoms with van der Waals surface area (Å²) in [6.07, 6.45) is 3.31. The highest BCUT2D eigenvalue weighted by atomic mass is 35.5. The first kappa shape index (κ1) is 28.3. The number of rotatable bonds is 8. The molecule has 0 atom stereocenters. The zero-order chi connectivity index (χ0) is 27.8. The van der Waals surface area contributed by atoms with E-state index in [1.165, 1.54) is 6.20 Å². The zero-order valence-corrected chi connectivity index (χ0v) is 23.7. The summed E-state index contributed by atoms with van der Waals surface area (Å²) < 4.78 is 0.843. The van der Waals surface area contributed by atoms with Gasteiger partial charge in [0.25, 0.3) is 11.8 Å². The Labute approximate surface area is 242 Å². The smallest absolute Gasteiger partial charge is 0.253 e. The molecule has 39 heavy (non-hydrogen) atoms. The maximum atomic E-state index is 13.0. The molecule has 2 amide bonds. The molecule has 1 aliphatic rings. The van der Waals surface area contributed by atoms with Gasteiger partial charge < -0.3 is 25.8 Å². The molecule has 3 aromatic rings. The molecule has 2 aromatic carbocycles. The SMILES string of the molecule is C=CCSC(=S)N1CCN(C(=O)c2ccc(Nc3ncc(Cl)c(Nc4ccccc4C(=O)NC)n3)cc2)CC1. The molecule has 1 saturated heterocycles. The molecule has 12 heteroatoms. The molecule has 0 aliphatic carbocycles. The molecule has 1 aliphatic heterocycles. The van der Waals surface area contributed by atoms with Crippen LogP contribution in [0.5, 0.6) is 0 Å². The molecule has 1 aromatic heterocycles. The molecule has 0 unspecified atom stereocenters. The lowest BCUT2D eigenvalue weighted by molar-refractivity contribution is 0.0695. The summed E-state index contributed by atoms with van der Waals surface area (Å²) in [5.41, 5.74) is 2.33. The fourth-order valence-electron chi connectivity index (χ4n) is 3.89. The Hall–Kier alpha value is -3.67. The average Bonchev–Trinajstić information content (AvgIpc) is 2.97. The number of hydrogen-bond acceptors (Lipinski definition) is 8. The molecule has 0 radical (unpaired) electrons. The van der Waals surface area contributed by atoms with E-state index in [1.54, 1.807) is 61.3 Å². The first-order valence-corrected chi connectivity index (χ1v) is 14.0. The molecule has 0 bridgehead atoms. The first-order chi connectivity index (χ1) is 18.9. The van der Waals surface area contributed by atoms with Gasteiger partial charge in [0.1, 0.15) is 9.34 Å². The highest BCUT2D eigenvalue weighted by molar-refractivity contribution is 8.23. The van der Waals surface area contributed by atoms with E-state index in [0.29, 0.717) is 65.5 Å². The van der Waals surface area contributed by atoms with Crippen LogP contribution in [0.25, 0.3) is 0 Å². The molecule has 2 heterocycles. The van der Waals surface area contributed by atoms with Gasteiger partial charge in [0, 0.05) is 50.2 Å². The molecule has 3 N–H and O–H groups in total. The van der Waals surface area contributed by atoms with Crippen molar-refractivity contribution in [1.82, 2.24) is 25.1 Å². The third-order valence-electron chi connectivity index (χ3n) is 5.93. The maximum absolute atomic E-state index is 13.0. The average molecular weight is 582 g/mol. The monoisotopic (exact) mass is 581 g/mol. The van der Waals surface area contributed by atoms with Crippen molar-refractivity contribution in [1.29, 1.82) is 0 Å². The Kier molecular flexibility index (Phi) is 9.74. The van der Waals surface area contributed by atoms with E-state index in [-0.39, 0.29) is 11.8 Å². The van der Waals surface area contributed by atoms with Gasteiger partial charge in [-0.1, -0.05) is 53.8 Å². The Morgan fingerprint density at radius 3 is 2.46 bits per heavy atom. The summed E-state index contributed by atoms with van der Waals surface area (Å²) in [7, 11) is 1.57. The number of carbonyl (C=O) groups excluding carboxylic acids is 2. The zero-order valence-electron chi connectivity index (χ0n) is 21.3. The predicted molar refractivity (Wildman–Crippen MR) is 163 cm³/mol. The van der Waals surface area contributed by atoms with Crippen LogP contribution >= 0.6 is 35.6 Å². The standard InChI is InChI=1S/C27H28ClN7O2S2/c1-3-16-39-27(38)35-14-12-34(13-15-35)25(37)18-8-10-19(11-9-18)31-26-30-17-21(28)23(33-26)32-22-7-5-4-6-20(22)24(36)29-2/h3-11,17H,1,12-16H2,2H3,(H,29,36)(H2,30,31,32,33).